The SMILES string of the molecule is CC1CCN(C(=O)c2ccc(S(=O)(=O)C3CCCC3)cc2)C(CN)C1.Cl. The first kappa shape index (κ1) is 21.2. The zero-order valence-corrected chi connectivity index (χ0v) is 16.9. The highest BCUT2D eigenvalue weighted by Gasteiger charge is 2.32. The molecule has 2 atom stereocenters. The van der Waals surface area contributed by atoms with Gasteiger partial charge in [-0.3, -0.25) is 4.79 Å². The summed E-state index contributed by atoms with van der Waals surface area (Å²) in [5, 5.41) is -0.265. The molecule has 2 N–H and O–H groups in total. The predicted octanol–water partition coefficient (Wildman–Crippen LogP) is 3.02. The molecule has 7 heteroatoms. The maximum atomic E-state index is 12.8. The molecule has 3 rings (SSSR count). The van der Waals surface area contributed by atoms with Crippen LogP contribution in [0.2, 0.25) is 0 Å². The molecule has 2 fully saturated rings. The summed E-state index contributed by atoms with van der Waals surface area (Å²) in [6.07, 6.45) is 5.36. The standard InChI is InChI=1S/C19H28N2O3S.ClH/c1-14-10-11-21(16(12-14)13-20)19(22)15-6-8-18(9-7-15)25(23,24)17-4-2-3-5-17;/h6-9,14,16-17H,2-5,10-13,20H2,1H3;1H. The van der Waals surface area contributed by atoms with Crippen LogP contribution in [0.3, 0.4) is 0 Å². The van der Waals surface area contributed by atoms with E-state index in [-0.39, 0.29) is 29.6 Å². The first-order chi connectivity index (χ1) is 11.9. The number of piperidine rings is 1. The normalized spacial score (nSPS) is 24.3. The van der Waals surface area contributed by atoms with E-state index in [0.717, 1.165) is 38.5 Å². The van der Waals surface area contributed by atoms with Gasteiger partial charge in [-0.15, -0.1) is 12.4 Å². The van der Waals surface area contributed by atoms with Crippen LogP contribution >= 0.6 is 12.4 Å². The highest BCUT2D eigenvalue weighted by atomic mass is 35.5. The Morgan fingerprint density at radius 3 is 2.35 bits per heavy atom. The number of nitrogens with zero attached hydrogens (tertiary/aromatic N) is 1. The fraction of sp³-hybridized carbons (Fsp3) is 0.632. The molecule has 2 aliphatic rings. The Hall–Kier alpha value is -1.11. The Morgan fingerprint density at radius 1 is 1.15 bits per heavy atom. The van der Waals surface area contributed by atoms with E-state index in [1.807, 2.05) is 4.90 Å². The third kappa shape index (κ3) is 4.24. The summed E-state index contributed by atoms with van der Waals surface area (Å²) in [7, 11) is -3.27. The molecule has 2 unspecified atom stereocenters. The summed E-state index contributed by atoms with van der Waals surface area (Å²) in [5.74, 6) is 0.531. The molecular weight excluding hydrogens is 372 g/mol. The highest BCUT2D eigenvalue weighted by Crippen LogP contribution is 2.30. The summed E-state index contributed by atoms with van der Waals surface area (Å²) in [6.45, 7) is 3.36. The fourth-order valence-electron chi connectivity index (χ4n) is 4.09. The first-order valence-electron chi connectivity index (χ1n) is 9.28. The number of halogens is 1. The van der Waals surface area contributed by atoms with Crippen LogP contribution < -0.4 is 5.73 Å². The van der Waals surface area contributed by atoms with E-state index >= 15 is 0 Å². The Balaban J connectivity index is 0.00000243. The number of amides is 1. The lowest BCUT2D eigenvalue weighted by Gasteiger charge is -2.38. The van der Waals surface area contributed by atoms with E-state index in [1.165, 1.54) is 0 Å². The topological polar surface area (TPSA) is 80.5 Å². The van der Waals surface area contributed by atoms with Gasteiger partial charge in [0.25, 0.3) is 5.91 Å². The van der Waals surface area contributed by atoms with Gasteiger partial charge in [0.1, 0.15) is 0 Å². The number of sulfone groups is 1. The Kier molecular flexibility index (Phi) is 7.11. The van der Waals surface area contributed by atoms with Crippen molar-refractivity contribution in [3.63, 3.8) is 0 Å². The second kappa shape index (κ2) is 8.72. The van der Waals surface area contributed by atoms with E-state index in [4.69, 9.17) is 5.73 Å². The van der Waals surface area contributed by atoms with Gasteiger partial charge in [0.05, 0.1) is 10.1 Å². The second-order valence-electron chi connectivity index (χ2n) is 7.49. The molecular formula is C19H29ClN2O3S. The smallest absolute Gasteiger partial charge is 0.254 e. The molecule has 26 heavy (non-hydrogen) atoms. The van der Waals surface area contributed by atoms with Crippen molar-refractivity contribution >= 4 is 28.2 Å². The van der Waals surface area contributed by atoms with Crippen LogP contribution in [0.4, 0.5) is 0 Å². The molecule has 1 aromatic rings. The van der Waals surface area contributed by atoms with Gasteiger partial charge in [0.15, 0.2) is 9.84 Å². The minimum Gasteiger partial charge on any atom is -0.334 e. The largest absolute Gasteiger partial charge is 0.334 e. The fourth-order valence-corrected chi connectivity index (χ4v) is 5.94. The van der Waals surface area contributed by atoms with E-state index in [9.17, 15) is 13.2 Å². The quantitative estimate of drug-likeness (QED) is 0.842. The molecule has 1 aromatic carbocycles. The predicted molar refractivity (Wildman–Crippen MR) is 105 cm³/mol. The lowest BCUT2D eigenvalue weighted by Crippen LogP contribution is -2.49. The summed E-state index contributed by atoms with van der Waals surface area (Å²) in [6, 6.07) is 6.54. The van der Waals surface area contributed by atoms with Gasteiger partial charge in [-0.1, -0.05) is 19.8 Å². The maximum Gasteiger partial charge on any atom is 0.254 e. The molecule has 1 heterocycles. The van der Waals surface area contributed by atoms with Crippen molar-refractivity contribution < 1.29 is 13.2 Å². The van der Waals surface area contributed by atoms with Gasteiger partial charge in [0.2, 0.25) is 0 Å². The van der Waals surface area contributed by atoms with Crippen molar-refractivity contribution in [2.45, 2.75) is 61.6 Å². The summed E-state index contributed by atoms with van der Waals surface area (Å²) in [5.41, 5.74) is 6.39. The van der Waals surface area contributed by atoms with Crippen LogP contribution in [0.5, 0.6) is 0 Å². The van der Waals surface area contributed by atoms with Gasteiger partial charge in [0, 0.05) is 24.7 Å². The van der Waals surface area contributed by atoms with Gasteiger partial charge in [-0.05, 0) is 55.9 Å². The van der Waals surface area contributed by atoms with Crippen molar-refractivity contribution in [1.82, 2.24) is 4.90 Å². The van der Waals surface area contributed by atoms with Crippen LogP contribution in [0.1, 0.15) is 55.8 Å². The number of hydrogen-bond donors (Lipinski definition) is 1. The third-order valence-corrected chi connectivity index (χ3v) is 7.96. The average molecular weight is 401 g/mol. The van der Waals surface area contributed by atoms with Crippen LogP contribution in [0.25, 0.3) is 0 Å². The number of benzene rings is 1. The molecule has 1 saturated carbocycles. The van der Waals surface area contributed by atoms with Crippen LogP contribution in [0.15, 0.2) is 29.2 Å². The molecule has 1 aliphatic carbocycles. The molecule has 1 amide bonds. The Morgan fingerprint density at radius 2 is 1.77 bits per heavy atom. The van der Waals surface area contributed by atoms with Crippen molar-refractivity contribution in [3.05, 3.63) is 29.8 Å². The van der Waals surface area contributed by atoms with Gasteiger partial charge < -0.3 is 10.6 Å². The molecule has 0 spiro atoms. The van der Waals surface area contributed by atoms with Crippen molar-refractivity contribution in [2.75, 3.05) is 13.1 Å². The van der Waals surface area contributed by atoms with E-state index in [1.54, 1.807) is 24.3 Å². The van der Waals surface area contributed by atoms with Crippen LogP contribution in [0, 0.1) is 5.92 Å². The number of nitrogens with two attached hydrogens (primary N) is 1. The van der Waals surface area contributed by atoms with Crippen LogP contribution in [-0.4, -0.2) is 43.6 Å². The molecule has 0 radical (unpaired) electrons. The number of carbonyl (C=O) groups is 1. The number of likely N-dealkylation sites (tertiary alicyclic amines) is 1. The molecule has 5 nitrogen and oxygen atoms in total. The van der Waals surface area contributed by atoms with E-state index in [0.29, 0.717) is 29.5 Å². The second-order valence-corrected chi connectivity index (χ2v) is 9.72. The molecule has 0 aromatic heterocycles. The Bertz CT molecular complexity index is 715. The Labute approximate surface area is 162 Å². The van der Waals surface area contributed by atoms with Gasteiger partial charge >= 0.3 is 0 Å². The minimum absolute atomic E-state index is 0. The molecule has 1 saturated heterocycles. The molecule has 1 aliphatic heterocycles. The highest BCUT2D eigenvalue weighted by molar-refractivity contribution is 7.92. The van der Waals surface area contributed by atoms with Crippen molar-refractivity contribution in [2.24, 2.45) is 11.7 Å². The maximum absolute atomic E-state index is 12.8. The van der Waals surface area contributed by atoms with Gasteiger partial charge in [-0.25, -0.2) is 8.42 Å². The monoisotopic (exact) mass is 400 g/mol. The summed E-state index contributed by atoms with van der Waals surface area (Å²) >= 11 is 0. The third-order valence-electron chi connectivity index (χ3n) is 5.68. The number of hydrogen-bond acceptors (Lipinski definition) is 4. The van der Waals surface area contributed by atoms with Crippen molar-refractivity contribution in [3.8, 4) is 0 Å². The zero-order chi connectivity index (χ0) is 18.0. The van der Waals surface area contributed by atoms with Crippen molar-refractivity contribution in [1.29, 1.82) is 0 Å². The first-order valence-corrected chi connectivity index (χ1v) is 10.8. The summed E-state index contributed by atoms with van der Waals surface area (Å²) in [4.78, 5) is 15.0. The lowest BCUT2D eigenvalue weighted by molar-refractivity contribution is 0.0573. The van der Waals surface area contributed by atoms with Gasteiger partial charge in [-0.2, -0.15) is 0 Å². The number of rotatable bonds is 4. The lowest BCUT2D eigenvalue weighted by atomic mass is 9.92. The molecule has 146 valence electrons. The van der Waals surface area contributed by atoms with E-state index in [2.05, 4.69) is 6.92 Å². The van der Waals surface area contributed by atoms with E-state index < -0.39 is 9.84 Å². The minimum atomic E-state index is -3.27. The average Bonchev–Trinajstić information content (AvgIpc) is 3.16. The summed E-state index contributed by atoms with van der Waals surface area (Å²) < 4.78 is 25.3. The van der Waals surface area contributed by atoms with Crippen LogP contribution in [-0.2, 0) is 9.84 Å². The number of carbonyl (C=O) groups excluding carboxylic acids is 1. The molecule has 0 bridgehead atoms. The zero-order valence-electron chi connectivity index (χ0n) is 15.3.